The van der Waals surface area contributed by atoms with Crippen LogP contribution in [-0.4, -0.2) is 42.3 Å². The van der Waals surface area contributed by atoms with Crippen molar-refractivity contribution in [1.29, 1.82) is 0 Å². The van der Waals surface area contributed by atoms with Gasteiger partial charge in [-0.2, -0.15) is 0 Å². The van der Waals surface area contributed by atoms with Crippen molar-refractivity contribution in [2.75, 3.05) is 20.1 Å². The molecule has 0 saturated heterocycles. The molecule has 1 atom stereocenters. The number of hydrogen-bond donors (Lipinski definition) is 2. The molecule has 0 radical (unpaired) electrons. The number of nitrogens with zero attached hydrogens (tertiary/aromatic N) is 1. The van der Waals surface area contributed by atoms with Crippen molar-refractivity contribution in [3.05, 3.63) is 0 Å². The Morgan fingerprint density at radius 1 is 1.56 bits per heavy atom. The molecule has 0 bridgehead atoms. The first kappa shape index (κ1) is 13.3. The molecule has 1 aliphatic rings. The minimum absolute atomic E-state index is 0.0274. The van der Waals surface area contributed by atoms with Crippen LogP contribution in [0.4, 0.5) is 4.79 Å². The molecule has 2 amide bonds. The van der Waals surface area contributed by atoms with Gasteiger partial charge in [-0.1, -0.05) is 6.92 Å². The van der Waals surface area contributed by atoms with Crippen LogP contribution < -0.4 is 5.32 Å². The van der Waals surface area contributed by atoms with E-state index in [0.29, 0.717) is 18.4 Å². The molecule has 1 fully saturated rings. The van der Waals surface area contributed by atoms with Crippen LogP contribution in [0.5, 0.6) is 0 Å². The quantitative estimate of drug-likeness (QED) is 0.725. The molecule has 0 spiro atoms. The Balaban J connectivity index is 2.18. The molecule has 4 heteroatoms. The van der Waals surface area contributed by atoms with Gasteiger partial charge < -0.3 is 15.3 Å². The van der Waals surface area contributed by atoms with Crippen LogP contribution in [0.2, 0.25) is 0 Å². The molecule has 0 aromatic rings. The second-order valence-electron chi connectivity index (χ2n) is 5.07. The Hall–Kier alpha value is -0.770. The number of urea groups is 1. The lowest BCUT2D eigenvalue weighted by Crippen LogP contribution is -2.40. The summed E-state index contributed by atoms with van der Waals surface area (Å²) in [5, 5.41) is 12.1. The summed E-state index contributed by atoms with van der Waals surface area (Å²) >= 11 is 0. The molecule has 0 aromatic carbocycles. The van der Waals surface area contributed by atoms with Gasteiger partial charge in [0.2, 0.25) is 0 Å². The topological polar surface area (TPSA) is 52.6 Å². The van der Waals surface area contributed by atoms with Crippen molar-refractivity contribution >= 4 is 6.03 Å². The second kappa shape index (κ2) is 5.53. The molecule has 0 heterocycles. The average Bonchev–Trinajstić information content (AvgIpc) is 3.03. The maximum Gasteiger partial charge on any atom is 0.317 e. The summed E-state index contributed by atoms with van der Waals surface area (Å²) < 4.78 is 0. The zero-order valence-corrected chi connectivity index (χ0v) is 10.6. The minimum atomic E-state index is -0.347. The molecule has 1 saturated carbocycles. The Bertz CT molecular complexity index is 237. The monoisotopic (exact) mass is 228 g/mol. The van der Waals surface area contributed by atoms with Gasteiger partial charge in [0.1, 0.15) is 0 Å². The number of carbonyl (C=O) groups is 1. The lowest BCUT2D eigenvalue weighted by molar-refractivity contribution is 0.162. The molecule has 1 unspecified atom stereocenters. The first-order valence-corrected chi connectivity index (χ1v) is 6.16. The number of carbonyl (C=O) groups excluding carboxylic acids is 1. The molecule has 1 aliphatic carbocycles. The van der Waals surface area contributed by atoms with Crippen LogP contribution in [0, 0.1) is 5.41 Å². The van der Waals surface area contributed by atoms with E-state index >= 15 is 0 Å². The third kappa shape index (κ3) is 4.00. The summed E-state index contributed by atoms with van der Waals surface area (Å²) in [4.78, 5) is 13.3. The number of hydrogen-bond acceptors (Lipinski definition) is 2. The summed E-state index contributed by atoms with van der Waals surface area (Å²) in [7, 11) is 1.77. The fraction of sp³-hybridized carbons (Fsp3) is 0.917. The fourth-order valence-corrected chi connectivity index (χ4v) is 1.71. The van der Waals surface area contributed by atoms with Crippen LogP contribution in [-0.2, 0) is 0 Å². The minimum Gasteiger partial charge on any atom is -0.393 e. The van der Waals surface area contributed by atoms with Crippen LogP contribution in [0.15, 0.2) is 0 Å². The highest BCUT2D eigenvalue weighted by Crippen LogP contribution is 2.47. The van der Waals surface area contributed by atoms with E-state index in [9.17, 15) is 4.79 Å². The van der Waals surface area contributed by atoms with Crippen LogP contribution in [0.25, 0.3) is 0 Å². The SMILES string of the molecule is CCC1(CNC(=O)N(C)CCC(C)O)CC1. The summed E-state index contributed by atoms with van der Waals surface area (Å²) in [6.07, 6.45) is 3.90. The lowest BCUT2D eigenvalue weighted by atomic mass is 10.0. The van der Waals surface area contributed by atoms with Crippen LogP contribution in [0.1, 0.15) is 39.5 Å². The number of amides is 2. The number of aliphatic hydroxyl groups excluding tert-OH is 1. The van der Waals surface area contributed by atoms with Gasteiger partial charge in [-0.15, -0.1) is 0 Å². The van der Waals surface area contributed by atoms with Crippen molar-refractivity contribution in [2.45, 2.75) is 45.6 Å². The lowest BCUT2D eigenvalue weighted by Gasteiger charge is -2.21. The smallest absolute Gasteiger partial charge is 0.317 e. The van der Waals surface area contributed by atoms with Crippen molar-refractivity contribution in [1.82, 2.24) is 10.2 Å². The zero-order chi connectivity index (χ0) is 12.2. The van der Waals surface area contributed by atoms with Gasteiger partial charge in [0.15, 0.2) is 0 Å². The van der Waals surface area contributed by atoms with E-state index in [0.717, 1.165) is 13.0 Å². The van der Waals surface area contributed by atoms with E-state index in [-0.39, 0.29) is 12.1 Å². The first-order chi connectivity index (χ1) is 7.49. The molecule has 1 rings (SSSR count). The van der Waals surface area contributed by atoms with E-state index in [1.807, 2.05) is 0 Å². The predicted octanol–water partition coefficient (Wildman–Crippen LogP) is 1.59. The average molecular weight is 228 g/mol. The molecule has 4 nitrogen and oxygen atoms in total. The predicted molar refractivity (Wildman–Crippen MR) is 64.3 cm³/mol. The van der Waals surface area contributed by atoms with Crippen molar-refractivity contribution in [3.63, 3.8) is 0 Å². The van der Waals surface area contributed by atoms with Gasteiger partial charge in [-0.05, 0) is 38.0 Å². The summed E-state index contributed by atoms with van der Waals surface area (Å²) in [5.41, 5.74) is 0.390. The highest BCUT2D eigenvalue weighted by molar-refractivity contribution is 5.73. The van der Waals surface area contributed by atoms with Crippen molar-refractivity contribution in [3.8, 4) is 0 Å². The van der Waals surface area contributed by atoms with Gasteiger partial charge in [-0.25, -0.2) is 4.79 Å². The fourth-order valence-electron chi connectivity index (χ4n) is 1.71. The van der Waals surface area contributed by atoms with E-state index in [1.54, 1.807) is 18.9 Å². The Kier molecular flexibility index (Phi) is 4.59. The third-order valence-electron chi connectivity index (χ3n) is 3.55. The van der Waals surface area contributed by atoms with Gasteiger partial charge in [-0.3, -0.25) is 0 Å². The molecule has 2 N–H and O–H groups in total. The Labute approximate surface area is 98.0 Å². The standard InChI is InChI=1S/C12H24N2O2/c1-4-12(6-7-12)9-13-11(16)14(3)8-5-10(2)15/h10,15H,4-9H2,1-3H3,(H,13,16). The van der Waals surface area contributed by atoms with Gasteiger partial charge in [0.25, 0.3) is 0 Å². The molecule has 0 aromatic heterocycles. The second-order valence-corrected chi connectivity index (χ2v) is 5.07. The van der Waals surface area contributed by atoms with Gasteiger partial charge in [0, 0.05) is 20.1 Å². The molecular formula is C12H24N2O2. The van der Waals surface area contributed by atoms with Crippen LogP contribution >= 0.6 is 0 Å². The summed E-state index contributed by atoms with van der Waals surface area (Å²) in [6, 6.07) is -0.0274. The molecule has 94 valence electrons. The highest BCUT2D eigenvalue weighted by Gasteiger charge is 2.40. The van der Waals surface area contributed by atoms with E-state index in [2.05, 4.69) is 12.2 Å². The van der Waals surface area contributed by atoms with E-state index in [4.69, 9.17) is 5.11 Å². The largest absolute Gasteiger partial charge is 0.393 e. The van der Waals surface area contributed by atoms with E-state index in [1.165, 1.54) is 12.8 Å². The van der Waals surface area contributed by atoms with Gasteiger partial charge >= 0.3 is 6.03 Å². The summed E-state index contributed by atoms with van der Waals surface area (Å²) in [6.45, 7) is 5.31. The Morgan fingerprint density at radius 3 is 2.62 bits per heavy atom. The maximum absolute atomic E-state index is 11.7. The maximum atomic E-state index is 11.7. The first-order valence-electron chi connectivity index (χ1n) is 6.16. The van der Waals surface area contributed by atoms with Crippen molar-refractivity contribution < 1.29 is 9.90 Å². The zero-order valence-electron chi connectivity index (χ0n) is 10.6. The normalized spacial score (nSPS) is 19.0. The molecular weight excluding hydrogens is 204 g/mol. The van der Waals surface area contributed by atoms with Crippen molar-refractivity contribution in [2.24, 2.45) is 5.41 Å². The number of aliphatic hydroxyl groups is 1. The third-order valence-corrected chi connectivity index (χ3v) is 3.55. The number of rotatable bonds is 6. The van der Waals surface area contributed by atoms with Crippen LogP contribution in [0.3, 0.4) is 0 Å². The molecule has 0 aliphatic heterocycles. The van der Waals surface area contributed by atoms with E-state index < -0.39 is 0 Å². The Morgan fingerprint density at radius 2 is 2.19 bits per heavy atom. The highest BCUT2D eigenvalue weighted by atomic mass is 16.3. The van der Waals surface area contributed by atoms with Gasteiger partial charge in [0.05, 0.1) is 6.10 Å². The molecule has 16 heavy (non-hydrogen) atoms. The summed E-state index contributed by atoms with van der Waals surface area (Å²) in [5.74, 6) is 0. The number of nitrogens with one attached hydrogen (secondary N) is 1.